The fraction of sp³-hybridized carbons (Fsp3) is 0.467. The highest BCUT2D eigenvalue weighted by atomic mass is 19.1. The molecular formula is C15H20FNO. The van der Waals surface area contributed by atoms with Gasteiger partial charge >= 0.3 is 0 Å². The Morgan fingerprint density at radius 2 is 2.11 bits per heavy atom. The lowest BCUT2D eigenvalue weighted by molar-refractivity contribution is 0.409. The van der Waals surface area contributed by atoms with Crippen LogP contribution in [0.25, 0.3) is 11.0 Å². The maximum Gasteiger partial charge on any atom is 0.170 e. The SMILES string of the molecule is CCCC(NCC)c1cc2c(C)ccc(F)c2o1. The average molecular weight is 249 g/mol. The zero-order valence-electron chi connectivity index (χ0n) is 11.2. The summed E-state index contributed by atoms with van der Waals surface area (Å²) >= 11 is 0. The maximum atomic E-state index is 13.7. The van der Waals surface area contributed by atoms with E-state index in [0.29, 0.717) is 5.58 Å². The van der Waals surface area contributed by atoms with Crippen LogP contribution in [0.4, 0.5) is 4.39 Å². The van der Waals surface area contributed by atoms with Crippen LogP contribution in [0.1, 0.15) is 44.1 Å². The van der Waals surface area contributed by atoms with Crippen LogP contribution in [0.3, 0.4) is 0 Å². The van der Waals surface area contributed by atoms with Crippen LogP contribution in [0.15, 0.2) is 22.6 Å². The molecule has 0 amide bonds. The number of aryl methyl sites for hydroxylation is 1. The molecule has 0 saturated heterocycles. The molecule has 1 atom stereocenters. The third kappa shape index (κ3) is 2.41. The summed E-state index contributed by atoms with van der Waals surface area (Å²) in [5.74, 6) is 0.551. The van der Waals surface area contributed by atoms with Gasteiger partial charge in [0.2, 0.25) is 0 Å². The molecule has 2 nitrogen and oxygen atoms in total. The lowest BCUT2D eigenvalue weighted by atomic mass is 10.1. The second-order valence-electron chi connectivity index (χ2n) is 4.65. The van der Waals surface area contributed by atoms with Gasteiger partial charge in [0.1, 0.15) is 5.76 Å². The van der Waals surface area contributed by atoms with Gasteiger partial charge in [-0.15, -0.1) is 0 Å². The van der Waals surface area contributed by atoms with Crippen LogP contribution in [0.5, 0.6) is 0 Å². The van der Waals surface area contributed by atoms with Crippen molar-refractivity contribution in [2.24, 2.45) is 0 Å². The van der Waals surface area contributed by atoms with Gasteiger partial charge in [-0.3, -0.25) is 0 Å². The summed E-state index contributed by atoms with van der Waals surface area (Å²) < 4.78 is 19.4. The standard InChI is InChI=1S/C15H20FNO/c1-4-6-13(17-5-2)14-9-11-10(3)7-8-12(16)15(11)18-14/h7-9,13,17H,4-6H2,1-3H3. The Labute approximate surface area is 107 Å². The zero-order valence-corrected chi connectivity index (χ0v) is 11.2. The van der Waals surface area contributed by atoms with Gasteiger partial charge in [0.25, 0.3) is 0 Å². The topological polar surface area (TPSA) is 25.2 Å². The largest absolute Gasteiger partial charge is 0.456 e. The molecule has 1 aromatic carbocycles. The number of fused-ring (bicyclic) bond motifs is 1. The number of benzene rings is 1. The molecule has 98 valence electrons. The van der Waals surface area contributed by atoms with Crippen molar-refractivity contribution >= 4 is 11.0 Å². The Kier molecular flexibility index (Phi) is 4.02. The normalized spacial score (nSPS) is 13.1. The molecule has 1 heterocycles. The van der Waals surface area contributed by atoms with Crippen LogP contribution in [-0.4, -0.2) is 6.54 Å². The third-order valence-electron chi connectivity index (χ3n) is 3.24. The van der Waals surface area contributed by atoms with Crippen LogP contribution < -0.4 is 5.32 Å². The van der Waals surface area contributed by atoms with Crippen molar-refractivity contribution in [3.8, 4) is 0 Å². The van der Waals surface area contributed by atoms with Gasteiger partial charge in [-0.1, -0.05) is 26.3 Å². The fourth-order valence-corrected chi connectivity index (χ4v) is 2.30. The molecule has 0 saturated carbocycles. The first-order valence-corrected chi connectivity index (χ1v) is 6.59. The van der Waals surface area contributed by atoms with Crippen molar-refractivity contribution in [3.63, 3.8) is 0 Å². The number of halogens is 1. The molecule has 1 N–H and O–H groups in total. The summed E-state index contributed by atoms with van der Waals surface area (Å²) in [6.07, 6.45) is 2.06. The van der Waals surface area contributed by atoms with E-state index in [1.807, 2.05) is 13.0 Å². The molecule has 0 radical (unpaired) electrons. The van der Waals surface area contributed by atoms with Gasteiger partial charge in [0.05, 0.1) is 6.04 Å². The summed E-state index contributed by atoms with van der Waals surface area (Å²) in [7, 11) is 0. The minimum Gasteiger partial charge on any atom is -0.456 e. The Morgan fingerprint density at radius 3 is 2.72 bits per heavy atom. The Bertz CT molecular complexity index is 488. The van der Waals surface area contributed by atoms with E-state index in [1.54, 1.807) is 6.07 Å². The zero-order chi connectivity index (χ0) is 13.1. The van der Waals surface area contributed by atoms with Crippen molar-refractivity contribution in [1.29, 1.82) is 0 Å². The number of rotatable bonds is 5. The highest BCUT2D eigenvalue weighted by Gasteiger charge is 2.17. The molecule has 0 aliphatic carbocycles. The molecule has 1 unspecified atom stereocenters. The lowest BCUT2D eigenvalue weighted by Crippen LogP contribution is -2.20. The summed E-state index contributed by atoms with van der Waals surface area (Å²) in [6, 6.07) is 5.40. The van der Waals surface area contributed by atoms with Crippen molar-refractivity contribution in [1.82, 2.24) is 5.32 Å². The summed E-state index contributed by atoms with van der Waals surface area (Å²) in [6.45, 7) is 7.06. The first-order chi connectivity index (χ1) is 8.67. The monoisotopic (exact) mass is 249 g/mol. The highest BCUT2D eigenvalue weighted by molar-refractivity contribution is 5.82. The molecule has 0 bridgehead atoms. The van der Waals surface area contributed by atoms with Crippen LogP contribution in [0, 0.1) is 12.7 Å². The molecule has 0 spiro atoms. The minimum atomic E-state index is -0.284. The molecule has 0 aliphatic heterocycles. The van der Waals surface area contributed by atoms with Crippen molar-refractivity contribution in [2.45, 2.75) is 39.7 Å². The van der Waals surface area contributed by atoms with E-state index in [-0.39, 0.29) is 11.9 Å². The molecule has 1 aromatic heterocycles. The highest BCUT2D eigenvalue weighted by Crippen LogP contribution is 2.30. The minimum absolute atomic E-state index is 0.172. The van der Waals surface area contributed by atoms with Gasteiger partial charge < -0.3 is 9.73 Å². The molecule has 2 rings (SSSR count). The van der Waals surface area contributed by atoms with Gasteiger partial charge in [-0.25, -0.2) is 4.39 Å². The first kappa shape index (κ1) is 13.1. The summed E-state index contributed by atoms with van der Waals surface area (Å²) in [5.41, 5.74) is 1.43. The van der Waals surface area contributed by atoms with Gasteiger partial charge in [0.15, 0.2) is 11.4 Å². The predicted octanol–water partition coefficient (Wildman–Crippen LogP) is 4.33. The molecular weight excluding hydrogens is 229 g/mol. The molecule has 0 aliphatic rings. The van der Waals surface area contributed by atoms with Crippen molar-refractivity contribution in [3.05, 3.63) is 35.3 Å². The first-order valence-electron chi connectivity index (χ1n) is 6.59. The molecule has 18 heavy (non-hydrogen) atoms. The molecule has 2 aromatic rings. The van der Waals surface area contributed by atoms with Crippen molar-refractivity contribution < 1.29 is 8.81 Å². The van der Waals surface area contributed by atoms with E-state index in [1.165, 1.54) is 6.07 Å². The van der Waals surface area contributed by atoms with E-state index in [9.17, 15) is 4.39 Å². The van der Waals surface area contributed by atoms with Gasteiger partial charge in [0, 0.05) is 5.39 Å². The van der Waals surface area contributed by atoms with Crippen molar-refractivity contribution in [2.75, 3.05) is 6.54 Å². The maximum absolute atomic E-state index is 13.7. The lowest BCUT2D eigenvalue weighted by Gasteiger charge is -2.13. The van der Waals surface area contributed by atoms with E-state index < -0.39 is 0 Å². The van der Waals surface area contributed by atoms with Crippen LogP contribution in [-0.2, 0) is 0 Å². The molecule has 0 fully saturated rings. The third-order valence-corrected chi connectivity index (χ3v) is 3.24. The van der Waals surface area contributed by atoms with Gasteiger partial charge in [-0.05, 0) is 37.6 Å². The Morgan fingerprint density at radius 1 is 1.33 bits per heavy atom. The Balaban J connectivity index is 2.44. The predicted molar refractivity (Wildman–Crippen MR) is 72.2 cm³/mol. The summed E-state index contributed by atoms with van der Waals surface area (Å²) in [5, 5.41) is 4.26. The quantitative estimate of drug-likeness (QED) is 0.853. The van der Waals surface area contributed by atoms with E-state index in [2.05, 4.69) is 19.2 Å². The number of hydrogen-bond donors (Lipinski definition) is 1. The van der Waals surface area contributed by atoms with E-state index in [4.69, 9.17) is 4.42 Å². The number of hydrogen-bond acceptors (Lipinski definition) is 2. The smallest absolute Gasteiger partial charge is 0.170 e. The molecule has 3 heteroatoms. The second kappa shape index (κ2) is 5.53. The fourth-order valence-electron chi connectivity index (χ4n) is 2.30. The van der Waals surface area contributed by atoms with E-state index in [0.717, 1.165) is 36.1 Å². The second-order valence-corrected chi connectivity index (χ2v) is 4.65. The Hall–Kier alpha value is -1.35. The van der Waals surface area contributed by atoms with E-state index >= 15 is 0 Å². The van der Waals surface area contributed by atoms with Crippen LogP contribution >= 0.6 is 0 Å². The number of nitrogens with one attached hydrogen (secondary N) is 1. The van der Waals surface area contributed by atoms with Gasteiger partial charge in [-0.2, -0.15) is 0 Å². The van der Waals surface area contributed by atoms with Crippen LogP contribution in [0.2, 0.25) is 0 Å². The average Bonchev–Trinajstić information content (AvgIpc) is 2.80. The summed E-state index contributed by atoms with van der Waals surface area (Å²) in [4.78, 5) is 0. The number of furan rings is 1.